The second-order valence-electron chi connectivity index (χ2n) is 5.25. The van der Waals surface area contributed by atoms with Gasteiger partial charge < -0.3 is 20.1 Å². The van der Waals surface area contributed by atoms with Crippen LogP contribution in [0.4, 0.5) is 0 Å². The summed E-state index contributed by atoms with van der Waals surface area (Å²) in [6.45, 7) is 2.35. The molecule has 2 N–H and O–H groups in total. The quantitative estimate of drug-likeness (QED) is 0.521. The van der Waals surface area contributed by atoms with Gasteiger partial charge in [-0.25, -0.2) is 9.79 Å². The highest BCUT2D eigenvalue weighted by Crippen LogP contribution is 2.21. The van der Waals surface area contributed by atoms with Crippen LogP contribution < -0.4 is 10.5 Å². The van der Waals surface area contributed by atoms with Gasteiger partial charge in [0.1, 0.15) is 11.3 Å². The van der Waals surface area contributed by atoms with Crippen molar-refractivity contribution in [3.63, 3.8) is 0 Å². The molecule has 6 heteroatoms. The Morgan fingerprint density at radius 2 is 2.00 bits per heavy atom. The van der Waals surface area contributed by atoms with Gasteiger partial charge in [-0.15, -0.1) is 0 Å². The average molecular weight is 305 g/mol. The number of aliphatic imine (C=N–C) groups is 1. The number of rotatable bonds is 4. The van der Waals surface area contributed by atoms with E-state index < -0.39 is 5.97 Å². The van der Waals surface area contributed by atoms with Gasteiger partial charge in [0, 0.05) is 13.1 Å². The Bertz CT molecular complexity index is 552. The highest BCUT2D eigenvalue weighted by molar-refractivity contribution is 5.92. The Labute approximate surface area is 130 Å². The molecule has 22 heavy (non-hydrogen) atoms. The number of nitrogens with two attached hydrogens (primary N) is 1. The second kappa shape index (κ2) is 7.68. The molecule has 1 aromatic rings. The number of hydrogen-bond donors (Lipinski definition) is 1. The fraction of sp³-hybridized carbons (Fsp3) is 0.500. The number of benzene rings is 1. The first-order valence-corrected chi connectivity index (χ1v) is 7.46. The van der Waals surface area contributed by atoms with E-state index in [0.717, 1.165) is 31.5 Å². The van der Waals surface area contributed by atoms with E-state index in [4.69, 9.17) is 15.2 Å². The zero-order chi connectivity index (χ0) is 15.9. The molecule has 0 amide bonds. The van der Waals surface area contributed by atoms with Crippen LogP contribution >= 0.6 is 0 Å². The number of ether oxygens (including phenoxy) is 2. The van der Waals surface area contributed by atoms with E-state index in [0.29, 0.717) is 23.8 Å². The Hall–Kier alpha value is -2.24. The molecule has 2 rings (SSSR count). The lowest BCUT2D eigenvalue weighted by Crippen LogP contribution is -2.40. The van der Waals surface area contributed by atoms with Crippen molar-refractivity contribution in [1.82, 2.24) is 4.90 Å². The van der Waals surface area contributed by atoms with Gasteiger partial charge in [-0.2, -0.15) is 0 Å². The van der Waals surface area contributed by atoms with Crippen LogP contribution in [0.2, 0.25) is 0 Å². The van der Waals surface area contributed by atoms with Gasteiger partial charge in [-0.1, -0.05) is 6.07 Å². The van der Waals surface area contributed by atoms with Crippen molar-refractivity contribution in [2.24, 2.45) is 10.7 Å². The molecule has 0 aliphatic carbocycles. The van der Waals surface area contributed by atoms with Crippen LogP contribution in [0, 0.1) is 0 Å². The fourth-order valence-electron chi connectivity index (χ4n) is 2.52. The maximum Gasteiger partial charge on any atom is 0.341 e. The van der Waals surface area contributed by atoms with E-state index in [1.54, 1.807) is 12.1 Å². The van der Waals surface area contributed by atoms with E-state index in [-0.39, 0.29) is 0 Å². The molecule has 1 fully saturated rings. The number of guanidine groups is 1. The minimum Gasteiger partial charge on any atom is -0.496 e. The molecule has 120 valence electrons. The first-order chi connectivity index (χ1) is 10.7. The number of nitrogens with zero attached hydrogens (tertiary/aromatic N) is 2. The first kappa shape index (κ1) is 16.1. The normalized spacial score (nSPS) is 15.5. The van der Waals surface area contributed by atoms with Crippen LogP contribution in [0.25, 0.3) is 0 Å². The van der Waals surface area contributed by atoms with Gasteiger partial charge in [0.05, 0.1) is 20.8 Å². The van der Waals surface area contributed by atoms with Crippen LogP contribution in [0.1, 0.15) is 35.2 Å². The number of esters is 1. The summed E-state index contributed by atoms with van der Waals surface area (Å²) in [5.74, 6) is 0.630. The fourth-order valence-corrected chi connectivity index (χ4v) is 2.52. The third kappa shape index (κ3) is 3.90. The summed E-state index contributed by atoms with van der Waals surface area (Å²) in [6, 6.07) is 5.35. The lowest BCUT2D eigenvalue weighted by molar-refractivity contribution is 0.0597. The smallest absolute Gasteiger partial charge is 0.341 e. The van der Waals surface area contributed by atoms with Gasteiger partial charge in [-0.3, -0.25) is 0 Å². The molecule has 0 atom stereocenters. The van der Waals surface area contributed by atoms with Crippen molar-refractivity contribution in [3.05, 3.63) is 29.3 Å². The first-order valence-electron chi connectivity index (χ1n) is 7.46. The summed E-state index contributed by atoms with van der Waals surface area (Å²) in [7, 11) is 2.87. The van der Waals surface area contributed by atoms with Crippen LogP contribution in [-0.4, -0.2) is 44.1 Å². The Morgan fingerprint density at radius 3 is 2.64 bits per heavy atom. The van der Waals surface area contributed by atoms with E-state index in [9.17, 15) is 4.79 Å². The monoisotopic (exact) mass is 305 g/mol. The number of carbonyl (C=O) groups excluding carboxylic acids is 1. The molecule has 0 unspecified atom stereocenters. The summed E-state index contributed by atoms with van der Waals surface area (Å²) >= 11 is 0. The Morgan fingerprint density at radius 1 is 1.27 bits per heavy atom. The van der Waals surface area contributed by atoms with Crippen LogP contribution in [-0.2, 0) is 11.3 Å². The molecule has 1 aromatic carbocycles. The molecule has 1 aliphatic heterocycles. The molecule has 0 aromatic heterocycles. The van der Waals surface area contributed by atoms with Crippen molar-refractivity contribution in [2.75, 3.05) is 27.3 Å². The maximum atomic E-state index is 11.8. The predicted octanol–water partition coefficient (Wildman–Crippen LogP) is 1.78. The van der Waals surface area contributed by atoms with Gasteiger partial charge in [0.25, 0.3) is 0 Å². The number of piperidine rings is 1. The van der Waals surface area contributed by atoms with E-state index in [1.807, 2.05) is 6.07 Å². The largest absolute Gasteiger partial charge is 0.496 e. The molecule has 1 saturated heterocycles. The Kier molecular flexibility index (Phi) is 5.63. The SMILES string of the molecule is COC(=O)c1cc(CN=C(N)N2CCCCC2)ccc1OC. The van der Waals surface area contributed by atoms with Crippen molar-refractivity contribution in [2.45, 2.75) is 25.8 Å². The highest BCUT2D eigenvalue weighted by Gasteiger charge is 2.14. The molecular weight excluding hydrogens is 282 g/mol. The highest BCUT2D eigenvalue weighted by atomic mass is 16.5. The molecular formula is C16H23N3O3. The lowest BCUT2D eigenvalue weighted by Gasteiger charge is -2.27. The zero-order valence-electron chi connectivity index (χ0n) is 13.2. The number of hydrogen-bond acceptors (Lipinski definition) is 4. The van der Waals surface area contributed by atoms with Gasteiger partial charge in [0.2, 0.25) is 0 Å². The van der Waals surface area contributed by atoms with Gasteiger partial charge in [0.15, 0.2) is 5.96 Å². The standard InChI is InChI=1S/C16H23N3O3/c1-21-14-7-6-12(10-13(14)15(20)22-2)11-18-16(17)19-8-4-3-5-9-19/h6-7,10H,3-5,8-9,11H2,1-2H3,(H2,17,18). The number of carbonyl (C=O) groups is 1. The molecule has 0 bridgehead atoms. The van der Waals surface area contributed by atoms with Crippen molar-refractivity contribution in [3.8, 4) is 5.75 Å². The Balaban J connectivity index is 2.10. The number of likely N-dealkylation sites (tertiary alicyclic amines) is 1. The maximum absolute atomic E-state index is 11.8. The van der Waals surface area contributed by atoms with Crippen LogP contribution in [0.3, 0.4) is 0 Å². The van der Waals surface area contributed by atoms with Crippen LogP contribution in [0.15, 0.2) is 23.2 Å². The van der Waals surface area contributed by atoms with E-state index in [1.165, 1.54) is 20.6 Å². The molecule has 0 saturated carbocycles. The summed E-state index contributed by atoms with van der Waals surface area (Å²) in [4.78, 5) is 18.3. The third-order valence-corrected chi connectivity index (χ3v) is 3.77. The van der Waals surface area contributed by atoms with E-state index in [2.05, 4.69) is 9.89 Å². The zero-order valence-corrected chi connectivity index (χ0v) is 13.2. The molecule has 0 radical (unpaired) electrons. The van der Waals surface area contributed by atoms with Gasteiger partial charge >= 0.3 is 5.97 Å². The summed E-state index contributed by atoms with van der Waals surface area (Å²) in [5, 5.41) is 0. The second-order valence-corrected chi connectivity index (χ2v) is 5.25. The van der Waals surface area contributed by atoms with Crippen LogP contribution in [0.5, 0.6) is 5.75 Å². The van der Waals surface area contributed by atoms with Crippen molar-refractivity contribution < 1.29 is 14.3 Å². The third-order valence-electron chi connectivity index (χ3n) is 3.77. The average Bonchev–Trinajstić information content (AvgIpc) is 2.59. The number of methoxy groups -OCH3 is 2. The molecule has 1 aliphatic rings. The lowest BCUT2D eigenvalue weighted by atomic mass is 10.1. The summed E-state index contributed by atoms with van der Waals surface area (Å²) in [5.41, 5.74) is 7.32. The van der Waals surface area contributed by atoms with Crippen molar-refractivity contribution >= 4 is 11.9 Å². The molecule has 1 heterocycles. The molecule has 6 nitrogen and oxygen atoms in total. The molecule has 0 spiro atoms. The van der Waals surface area contributed by atoms with Gasteiger partial charge in [-0.05, 0) is 37.0 Å². The predicted molar refractivity (Wildman–Crippen MR) is 85.1 cm³/mol. The summed E-state index contributed by atoms with van der Waals surface area (Å²) in [6.07, 6.45) is 3.57. The minimum absolute atomic E-state index is 0.397. The summed E-state index contributed by atoms with van der Waals surface area (Å²) < 4.78 is 9.94. The minimum atomic E-state index is -0.424. The van der Waals surface area contributed by atoms with Crippen molar-refractivity contribution in [1.29, 1.82) is 0 Å². The van der Waals surface area contributed by atoms with E-state index >= 15 is 0 Å². The topological polar surface area (TPSA) is 77.1 Å².